The molecule has 1 saturated heterocycles. The van der Waals surface area contributed by atoms with E-state index < -0.39 is 12.0 Å². The van der Waals surface area contributed by atoms with E-state index in [1.807, 2.05) is 0 Å². The molecular formula is C9H15NO3. The maximum Gasteiger partial charge on any atom is 0.326 e. The second-order valence-corrected chi connectivity index (χ2v) is 3.49. The second-order valence-electron chi connectivity index (χ2n) is 3.49. The summed E-state index contributed by atoms with van der Waals surface area (Å²) in [6.45, 7) is 2.06. The van der Waals surface area contributed by atoms with Crippen LogP contribution in [0.3, 0.4) is 0 Å². The number of amides is 1. The highest BCUT2D eigenvalue weighted by Gasteiger charge is 2.36. The lowest BCUT2D eigenvalue weighted by Gasteiger charge is -2.13. The molecule has 1 aliphatic heterocycles. The maximum atomic E-state index is 11.0. The average molecular weight is 185 g/mol. The molecule has 2 N–H and O–H groups in total. The summed E-state index contributed by atoms with van der Waals surface area (Å²) in [6, 6.07) is -0.654. The van der Waals surface area contributed by atoms with E-state index in [0.29, 0.717) is 6.42 Å². The highest BCUT2D eigenvalue weighted by Crippen LogP contribution is 2.22. The van der Waals surface area contributed by atoms with Crippen molar-refractivity contribution in [2.75, 3.05) is 0 Å². The molecule has 1 heterocycles. The minimum Gasteiger partial charge on any atom is -0.480 e. The molecule has 0 radical (unpaired) electrons. The molecule has 1 rings (SSSR count). The van der Waals surface area contributed by atoms with Gasteiger partial charge in [-0.1, -0.05) is 19.8 Å². The van der Waals surface area contributed by atoms with Gasteiger partial charge in [-0.25, -0.2) is 4.79 Å². The third-order valence-corrected chi connectivity index (χ3v) is 2.43. The zero-order valence-corrected chi connectivity index (χ0v) is 7.75. The molecule has 1 aliphatic rings. The lowest BCUT2D eigenvalue weighted by atomic mass is 9.94. The lowest BCUT2D eigenvalue weighted by Crippen LogP contribution is -2.36. The van der Waals surface area contributed by atoms with E-state index >= 15 is 0 Å². The van der Waals surface area contributed by atoms with E-state index in [4.69, 9.17) is 5.11 Å². The molecule has 0 aliphatic carbocycles. The summed E-state index contributed by atoms with van der Waals surface area (Å²) in [5.41, 5.74) is 0. The Hall–Kier alpha value is -1.06. The zero-order chi connectivity index (χ0) is 9.84. The number of carbonyl (C=O) groups is 2. The van der Waals surface area contributed by atoms with E-state index in [1.165, 1.54) is 0 Å². The SMILES string of the molecule is CCCC[C@@H]1CC(=O)N[C@H]1C(=O)O. The molecule has 2 atom stereocenters. The fourth-order valence-electron chi connectivity index (χ4n) is 1.70. The number of rotatable bonds is 4. The van der Waals surface area contributed by atoms with Crippen LogP contribution in [0.15, 0.2) is 0 Å². The standard InChI is InChI=1S/C9H15NO3/c1-2-3-4-6-5-7(11)10-8(6)9(12)13/h6,8H,2-5H2,1H3,(H,10,11)(H,12,13)/t6-,8-/m1/s1. The number of carboxylic acids is 1. The van der Waals surface area contributed by atoms with Crippen LogP contribution in [0.25, 0.3) is 0 Å². The molecule has 74 valence electrons. The summed E-state index contributed by atoms with van der Waals surface area (Å²) < 4.78 is 0. The van der Waals surface area contributed by atoms with Crippen LogP contribution in [-0.4, -0.2) is 23.0 Å². The van der Waals surface area contributed by atoms with Crippen molar-refractivity contribution in [2.45, 2.75) is 38.6 Å². The fourth-order valence-corrected chi connectivity index (χ4v) is 1.70. The Morgan fingerprint density at radius 1 is 1.69 bits per heavy atom. The largest absolute Gasteiger partial charge is 0.480 e. The number of hydrogen-bond donors (Lipinski definition) is 2. The summed E-state index contributed by atoms with van der Waals surface area (Å²) in [7, 11) is 0. The zero-order valence-electron chi connectivity index (χ0n) is 7.75. The Bertz CT molecular complexity index is 215. The first kappa shape index (κ1) is 10.0. The molecule has 4 heteroatoms. The molecule has 1 amide bonds. The first-order valence-electron chi connectivity index (χ1n) is 4.67. The number of carbonyl (C=O) groups excluding carboxylic acids is 1. The van der Waals surface area contributed by atoms with E-state index in [-0.39, 0.29) is 11.8 Å². The Labute approximate surface area is 77.3 Å². The summed E-state index contributed by atoms with van der Waals surface area (Å²) in [5, 5.41) is 11.3. The predicted molar refractivity (Wildman–Crippen MR) is 47.2 cm³/mol. The molecule has 0 aromatic carbocycles. The van der Waals surface area contributed by atoms with Gasteiger partial charge in [0.2, 0.25) is 5.91 Å². The Kier molecular flexibility index (Phi) is 3.28. The van der Waals surface area contributed by atoms with Gasteiger partial charge in [0.05, 0.1) is 0 Å². The highest BCUT2D eigenvalue weighted by atomic mass is 16.4. The van der Waals surface area contributed by atoms with Gasteiger partial charge in [-0.15, -0.1) is 0 Å². The predicted octanol–water partition coefficient (Wildman–Crippen LogP) is 0.766. The quantitative estimate of drug-likeness (QED) is 0.679. The van der Waals surface area contributed by atoms with Crippen LogP contribution in [0.4, 0.5) is 0 Å². The van der Waals surface area contributed by atoms with Crippen molar-refractivity contribution in [3.63, 3.8) is 0 Å². The van der Waals surface area contributed by atoms with E-state index in [1.54, 1.807) is 0 Å². The van der Waals surface area contributed by atoms with Crippen LogP contribution in [0.2, 0.25) is 0 Å². The van der Waals surface area contributed by atoms with Crippen LogP contribution in [-0.2, 0) is 9.59 Å². The van der Waals surface area contributed by atoms with Crippen LogP contribution in [0.5, 0.6) is 0 Å². The van der Waals surface area contributed by atoms with Gasteiger partial charge < -0.3 is 10.4 Å². The van der Waals surface area contributed by atoms with Crippen molar-refractivity contribution in [3.8, 4) is 0 Å². The first-order chi connectivity index (χ1) is 6.15. The van der Waals surface area contributed by atoms with Crippen molar-refractivity contribution in [2.24, 2.45) is 5.92 Å². The molecule has 0 spiro atoms. The second kappa shape index (κ2) is 4.25. The Morgan fingerprint density at radius 3 is 2.92 bits per heavy atom. The van der Waals surface area contributed by atoms with E-state index in [0.717, 1.165) is 19.3 Å². The molecule has 4 nitrogen and oxygen atoms in total. The van der Waals surface area contributed by atoms with Crippen LogP contribution in [0.1, 0.15) is 32.6 Å². The smallest absolute Gasteiger partial charge is 0.326 e. The number of hydrogen-bond acceptors (Lipinski definition) is 2. The number of aliphatic carboxylic acids is 1. The van der Waals surface area contributed by atoms with Gasteiger partial charge in [0, 0.05) is 6.42 Å². The van der Waals surface area contributed by atoms with E-state index in [9.17, 15) is 9.59 Å². The van der Waals surface area contributed by atoms with Gasteiger partial charge in [0.25, 0.3) is 0 Å². The van der Waals surface area contributed by atoms with Gasteiger partial charge in [-0.3, -0.25) is 4.79 Å². The molecule has 1 fully saturated rings. The van der Waals surface area contributed by atoms with Crippen molar-refractivity contribution in [1.29, 1.82) is 0 Å². The van der Waals surface area contributed by atoms with Crippen LogP contribution >= 0.6 is 0 Å². The molecule has 0 unspecified atom stereocenters. The monoisotopic (exact) mass is 185 g/mol. The number of nitrogens with one attached hydrogen (secondary N) is 1. The summed E-state index contributed by atoms with van der Waals surface area (Å²) >= 11 is 0. The Balaban J connectivity index is 2.50. The van der Waals surface area contributed by atoms with E-state index in [2.05, 4.69) is 12.2 Å². The van der Waals surface area contributed by atoms with Gasteiger partial charge in [-0.2, -0.15) is 0 Å². The van der Waals surface area contributed by atoms with Crippen molar-refractivity contribution in [3.05, 3.63) is 0 Å². The molecule has 13 heavy (non-hydrogen) atoms. The summed E-state index contributed by atoms with van der Waals surface area (Å²) in [6.07, 6.45) is 3.23. The van der Waals surface area contributed by atoms with Crippen LogP contribution < -0.4 is 5.32 Å². The molecular weight excluding hydrogens is 170 g/mol. The van der Waals surface area contributed by atoms with Gasteiger partial charge in [0.15, 0.2) is 0 Å². The molecule has 0 saturated carbocycles. The third kappa shape index (κ3) is 2.44. The molecule has 0 bridgehead atoms. The number of carboxylic acid groups (broad SMARTS) is 1. The van der Waals surface area contributed by atoms with Crippen molar-refractivity contribution < 1.29 is 14.7 Å². The van der Waals surface area contributed by atoms with Gasteiger partial charge in [-0.05, 0) is 12.3 Å². The number of unbranched alkanes of at least 4 members (excludes halogenated alkanes) is 1. The van der Waals surface area contributed by atoms with Crippen LogP contribution in [0, 0.1) is 5.92 Å². The normalized spacial score (nSPS) is 27.3. The minimum atomic E-state index is -0.910. The maximum absolute atomic E-state index is 11.0. The molecule has 0 aromatic heterocycles. The van der Waals surface area contributed by atoms with Crippen molar-refractivity contribution in [1.82, 2.24) is 5.32 Å². The average Bonchev–Trinajstić information content (AvgIpc) is 2.43. The lowest BCUT2D eigenvalue weighted by molar-refractivity contribution is -0.140. The third-order valence-electron chi connectivity index (χ3n) is 2.43. The van der Waals surface area contributed by atoms with Crippen molar-refractivity contribution >= 4 is 11.9 Å². The molecule has 0 aromatic rings. The highest BCUT2D eigenvalue weighted by molar-refractivity contribution is 5.87. The fraction of sp³-hybridized carbons (Fsp3) is 0.778. The first-order valence-corrected chi connectivity index (χ1v) is 4.67. The van der Waals surface area contributed by atoms with Gasteiger partial charge >= 0.3 is 5.97 Å². The Morgan fingerprint density at radius 2 is 2.38 bits per heavy atom. The summed E-state index contributed by atoms with van der Waals surface area (Å²) in [4.78, 5) is 21.7. The minimum absolute atomic E-state index is 0.00931. The topological polar surface area (TPSA) is 66.4 Å². The van der Waals surface area contributed by atoms with Gasteiger partial charge in [0.1, 0.15) is 6.04 Å². The summed E-state index contributed by atoms with van der Waals surface area (Å²) in [5.74, 6) is -1.05.